The Balaban J connectivity index is 1.27. The van der Waals surface area contributed by atoms with Crippen molar-refractivity contribution in [3.05, 3.63) is 88.8 Å². The zero-order valence-electron chi connectivity index (χ0n) is 33.5. The van der Waals surface area contributed by atoms with Gasteiger partial charge in [-0.2, -0.15) is 0 Å². The number of nitrogens with one attached hydrogen (secondary N) is 4. The molecule has 4 rings (SSSR count). The van der Waals surface area contributed by atoms with Crippen molar-refractivity contribution in [2.75, 3.05) is 60.7 Å². The van der Waals surface area contributed by atoms with Crippen LogP contribution in [0.3, 0.4) is 0 Å². The van der Waals surface area contributed by atoms with Crippen LogP contribution in [0.4, 0.5) is 27.4 Å². The van der Waals surface area contributed by atoms with E-state index in [1.165, 1.54) is 18.3 Å². The standard InChI is InChI=1S/C42H53FN10O6/c1-42(59)19-18-29-8-16-38(50-40(29)42)51-41(30(26-54)25-46-3)49-28-48-31-9-12-33(13-10-31)52(23-21-45-2)22-7-5-4-6-20-47-32-11-14-34(35(24-32)37(57)27-55)36(56)15-17-39(58)53(43)44/h8-14,16,24-27,45,47-48,59H,3-7,15,17-23,28,44H2,1-2H3,(H,49,50,51)/b30-25-/t42-/m1/s1. The maximum atomic E-state index is 12.8. The number of hydrazine groups is 1. The number of amidine groups is 1. The third kappa shape index (κ3) is 13.4. The Morgan fingerprint density at radius 1 is 0.949 bits per heavy atom. The normalized spacial score (nSPS) is 14.9. The van der Waals surface area contributed by atoms with Gasteiger partial charge in [0.05, 0.1) is 11.3 Å². The number of aldehydes is 2. The number of rotatable bonds is 25. The van der Waals surface area contributed by atoms with E-state index in [9.17, 15) is 33.6 Å². The summed E-state index contributed by atoms with van der Waals surface area (Å²) < 4.78 is 12.8. The van der Waals surface area contributed by atoms with Crippen molar-refractivity contribution in [3.63, 3.8) is 0 Å². The van der Waals surface area contributed by atoms with Gasteiger partial charge in [-0.3, -0.25) is 29.0 Å². The molecule has 1 amide bonds. The molecule has 0 fully saturated rings. The molecule has 59 heavy (non-hydrogen) atoms. The Morgan fingerprint density at radius 2 is 1.69 bits per heavy atom. The second-order valence-electron chi connectivity index (χ2n) is 14.2. The van der Waals surface area contributed by atoms with E-state index >= 15 is 0 Å². The van der Waals surface area contributed by atoms with Gasteiger partial charge in [0, 0.05) is 73.4 Å². The van der Waals surface area contributed by atoms with Crippen molar-refractivity contribution >= 4 is 65.5 Å². The van der Waals surface area contributed by atoms with Crippen LogP contribution in [0.5, 0.6) is 0 Å². The van der Waals surface area contributed by atoms with E-state index in [1.807, 2.05) is 37.4 Å². The summed E-state index contributed by atoms with van der Waals surface area (Å²) in [5, 5.41) is 23.0. The summed E-state index contributed by atoms with van der Waals surface area (Å²) in [4.78, 5) is 74.8. The Labute approximate surface area is 343 Å². The molecule has 0 saturated carbocycles. The first-order valence-corrected chi connectivity index (χ1v) is 19.4. The fourth-order valence-corrected chi connectivity index (χ4v) is 6.55. The number of hydrogen-bond donors (Lipinski definition) is 6. The van der Waals surface area contributed by atoms with E-state index in [1.54, 1.807) is 19.1 Å². The maximum absolute atomic E-state index is 12.8. The second kappa shape index (κ2) is 22.7. The molecule has 7 N–H and O–H groups in total. The van der Waals surface area contributed by atoms with Crippen LogP contribution in [0.1, 0.15) is 83.8 Å². The first-order valence-electron chi connectivity index (χ1n) is 19.4. The number of carbonyl (C=O) groups is 5. The number of nitrogens with two attached hydrogens (primary N) is 1. The molecule has 1 aliphatic rings. The number of unbranched alkanes of at least 4 members (excludes halogenated alkanes) is 3. The summed E-state index contributed by atoms with van der Waals surface area (Å²) in [6, 6.07) is 16.2. The van der Waals surface area contributed by atoms with Gasteiger partial charge in [-0.05, 0) is 100 Å². The molecule has 0 spiro atoms. The van der Waals surface area contributed by atoms with Crippen molar-refractivity contribution in [2.24, 2.45) is 15.8 Å². The lowest BCUT2D eigenvalue weighted by atomic mass is 9.97. The van der Waals surface area contributed by atoms with Crippen LogP contribution < -0.4 is 32.0 Å². The third-order valence-electron chi connectivity index (χ3n) is 9.81. The number of likely N-dealkylation sites (N-methyl/N-ethyl adjacent to an activating group) is 1. The second-order valence-corrected chi connectivity index (χ2v) is 14.2. The van der Waals surface area contributed by atoms with Crippen LogP contribution >= 0.6 is 0 Å². The number of aromatic nitrogens is 1. The monoisotopic (exact) mass is 812 g/mol. The van der Waals surface area contributed by atoms with Gasteiger partial charge in [-0.1, -0.05) is 23.4 Å². The highest BCUT2D eigenvalue weighted by atomic mass is 19.2. The number of benzene rings is 2. The number of hydrogen-bond acceptors (Lipinski definition) is 14. The fraction of sp³-hybridized carbons (Fsp3) is 0.381. The maximum Gasteiger partial charge on any atom is 0.266 e. The summed E-state index contributed by atoms with van der Waals surface area (Å²) >= 11 is 0. The number of aliphatic imine (C=N–C) groups is 2. The molecular formula is C42H53FN10O6. The van der Waals surface area contributed by atoms with Crippen molar-refractivity contribution in [2.45, 2.75) is 63.9 Å². The number of carbonyl (C=O) groups excluding carboxylic acids is 5. The van der Waals surface area contributed by atoms with Gasteiger partial charge in [-0.25, -0.2) is 15.8 Å². The SMILES string of the molecule is C=N/C=C(C=O)\C(=N/CNc1ccc(N(CCCCCCNc2ccc(C(=O)CCC(=O)N(N)F)c(C(=O)C=O)c2)CCNC)cc1)Nc1ccc2c(n1)[C@](C)(O)CC2. The van der Waals surface area contributed by atoms with Gasteiger partial charge >= 0.3 is 0 Å². The highest BCUT2D eigenvalue weighted by Gasteiger charge is 2.34. The van der Waals surface area contributed by atoms with E-state index in [0.29, 0.717) is 36.5 Å². The largest absolute Gasteiger partial charge is 0.385 e. The number of amides is 1. The summed E-state index contributed by atoms with van der Waals surface area (Å²) in [6.07, 6.45) is 6.29. The summed E-state index contributed by atoms with van der Waals surface area (Å²) in [7, 11) is 1.91. The van der Waals surface area contributed by atoms with E-state index < -0.39 is 34.7 Å². The van der Waals surface area contributed by atoms with E-state index in [2.05, 4.69) is 47.9 Å². The van der Waals surface area contributed by atoms with Crippen LogP contribution in [0.25, 0.3) is 0 Å². The molecule has 0 bridgehead atoms. The van der Waals surface area contributed by atoms with Crippen LogP contribution in [-0.4, -0.2) is 97.8 Å². The lowest BCUT2D eigenvalue weighted by Crippen LogP contribution is -2.31. The van der Waals surface area contributed by atoms with Gasteiger partial charge in [0.15, 0.2) is 18.4 Å². The van der Waals surface area contributed by atoms with E-state index in [-0.39, 0.29) is 41.9 Å². The van der Waals surface area contributed by atoms with Crippen LogP contribution in [-0.2, 0) is 26.4 Å². The minimum Gasteiger partial charge on any atom is -0.385 e. The molecule has 1 heterocycles. The van der Waals surface area contributed by atoms with E-state index in [4.69, 9.17) is 5.84 Å². The minimum atomic E-state index is -1.08. The molecule has 16 nitrogen and oxygen atoms in total. The topological polar surface area (TPSA) is 224 Å². The molecule has 17 heteroatoms. The first kappa shape index (κ1) is 45.5. The van der Waals surface area contributed by atoms with E-state index in [0.717, 1.165) is 68.7 Å². The number of pyridine rings is 1. The predicted octanol–water partition coefficient (Wildman–Crippen LogP) is 4.53. The summed E-state index contributed by atoms with van der Waals surface area (Å²) in [5.41, 5.74) is 3.13. The Bertz CT molecular complexity index is 2020. The van der Waals surface area contributed by atoms with Crippen molar-refractivity contribution in [1.29, 1.82) is 0 Å². The molecule has 1 aromatic heterocycles. The summed E-state index contributed by atoms with van der Waals surface area (Å²) in [5.74, 6) is 2.93. The number of aryl methyl sites for hydroxylation is 1. The molecule has 2 aromatic carbocycles. The van der Waals surface area contributed by atoms with Gasteiger partial charge in [0.2, 0.25) is 5.78 Å². The smallest absolute Gasteiger partial charge is 0.266 e. The molecule has 0 radical (unpaired) electrons. The van der Waals surface area contributed by atoms with Gasteiger partial charge in [0.25, 0.3) is 5.91 Å². The quantitative estimate of drug-likeness (QED) is 0.00592. The third-order valence-corrected chi connectivity index (χ3v) is 9.81. The Hall–Kier alpha value is -6.17. The van der Waals surface area contributed by atoms with Gasteiger partial charge in [0.1, 0.15) is 23.9 Å². The molecule has 0 unspecified atom stereocenters. The predicted molar refractivity (Wildman–Crippen MR) is 227 cm³/mol. The Kier molecular flexibility index (Phi) is 17.5. The molecule has 0 aliphatic heterocycles. The van der Waals surface area contributed by atoms with Crippen LogP contribution in [0.2, 0.25) is 0 Å². The minimum absolute atomic E-state index is 0.0193. The van der Waals surface area contributed by atoms with Crippen molar-refractivity contribution < 1.29 is 33.6 Å². The number of ketones is 2. The number of halogens is 1. The molecule has 1 atom stereocenters. The summed E-state index contributed by atoms with van der Waals surface area (Å²) in [6.45, 7) is 8.41. The average molecular weight is 813 g/mol. The number of Topliss-reactive ketones (excluding diaryl/α,β-unsaturated/α-hetero) is 2. The molecule has 1 aliphatic carbocycles. The lowest BCUT2D eigenvalue weighted by molar-refractivity contribution is -0.146. The first-order chi connectivity index (χ1) is 28.4. The fourth-order valence-electron chi connectivity index (χ4n) is 6.55. The number of aliphatic hydroxyl groups is 1. The number of fused-ring (bicyclic) bond motifs is 1. The number of nitrogens with zero attached hydrogens (tertiary/aromatic N) is 5. The van der Waals surface area contributed by atoms with Gasteiger partial charge in [-0.15, -0.1) is 5.23 Å². The highest BCUT2D eigenvalue weighted by molar-refractivity contribution is 6.35. The highest BCUT2D eigenvalue weighted by Crippen LogP contribution is 2.35. The average Bonchev–Trinajstić information content (AvgIpc) is 3.54. The number of anilines is 4. The zero-order chi connectivity index (χ0) is 42.8. The van der Waals surface area contributed by atoms with Crippen LogP contribution in [0, 0.1) is 0 Å². The van der Waals surface area contributed by atoms with Crippen molar-refractivity contribution in [3.8, 4) is 0 Å². The van der Waals surface area contributed by atoms with Crippen molar-refractivity contribution in [1.82, 2.24) is 15.5 Å². The molecular weight excluding hydrogens is 760 g/mol. The van der Waals surface area contributed by atoms with Gasteiger partial charge < -0.3 is 31.3 Å². The lowest BCUT2D eigenvalue weighted by Gasteiger charge is -2.25. The zero-order valence-corrected chi connectivity index (χ0v) is 33.5. The van der Waals surface area contributed by atoms with Crippen LogP contribution in [0.15, 0.2) is 76.4 Å². The molecule has 314 valence electrons. The molecule has 3 aromatic rings. The Morgan fingerprint density at radius 3 is 2.39 bits per heavy atom. The molecule has 0 saturated heterocycles.